The van der Waals surface area contributed by atoms with Crippen LogP contribution in [-0.4, -0.2) is 53.6 Å². The third-order valence-corrected chi connectivity index (χ3v) is 2.97. The molecule has 1 fully saturated rings. The largest absolute Gasteiger partial charge is 0.480 e. The van der Waals surface area contributed by atoms with Gasteiger partial charge in [-0.25, -0.2) is 9.59 Å². The van der Waals surface area contributed by atoms with Gasteiger partial charge in [-0.3, -0.25) is 4.79 Å². The summed E-state index contributed by atoms with van der Waals surface area (Å²) >= 11 is 0. The second-order valence-corrected chi connectivity index (χ2v) is 4.43. The van der Waals surface area contributed by atoms with Crippen molar-refractivity contribution in [1.29, 1.82) is 0 Å². The van der Waals surface area contributed by atoms with Crippen LogP contribution in [0.5, 0.6) is 0 Å². The van der Waals surface area contributed by atoms with E-state index in [1.807, 2.05) is 0 Å². The summed E-state index contributed by atoms with van der Waals surface area (Å²) in [5.74, 6) is -0.992. The van der Waals surface area contributed by atoms with Crippen molar-refractivity contribution in [2.75, 3.05) is 13.6 Å². The van der Waals surface area contributed by atoms with E-state index < -0.39 is 18.0 Å². The Morgan fingerprint density at radius 1 is 1.56 bits per heavy atom. The van der Waals surface area contributed by atoms with Gasteiger partial charge in [0.15, 0.2) is 0 Å². The summed E-state index contributed by atoms with van der Waals surface area (Å²) < 4.78 is 0. The maximum Gasteiger partial charge on any atom is 0.326 e. The van der Waals surface area contributed by atoms with Gasteiger partial charge in [-0.2, -0.15) is 0 Å². The summed E-state index contributed by atoms with van der Waals surface area (Å²) in [5.41, 5.74) is 0. The van der Waals surface area contributed by atoms with Gasteiger partial charge >= 0.3 is 12.0 Å². The summed E-state index contributed by atoms with van der Waals surface area (Å²) in [6, 6.07) is -1.51. The molecule has 1 aliphatic rings. The van der Waals surface area contributed by atoms with Gasteiger partial charge in [0.2, 0.25) is 5.91 Å². The van der Waals surface area contributed by atoms with Crippen molar-refractivity contribution in [1.82, 2.24) is 15.5 Å². The van der Waals surface area contributed by atoms with Crippen LogP contribution < -0.4 is 10.6 Å². The molecule has 0 spiro atoms. The molecule has 0 aromatic rings. The molecule has 2 atom stereocenters. The van der Waals surface area contributed by atoms with Crippen LogP contribution in [0.4, 0.5) is 4.79 Å². The van der Waals surface area contributed by atoms with Crippen LogP contribution in [-0.2, 0) is 9.59 Å². The quantitative estimate of drug-likeness (QED) is 0.647. The van der Waals surface area contributed by atoms with Gasteiger partial charge in [0.05, 0.1) is 0 Å². The van der Waals surface area contributed by atoms with Crippen LogP contribution in [0.25, 0.3) is 0 Å². The van der Waals surface area contributed by atoms with E-state index in [2.05, 4.69) is 10.6 Å². The fourth-order valence-electron chi connectivity index (χ4n) is 1.85. The fraction of sp³-hybridized carbons (Fsp3) is 0.727. The number of likely N-dealkylation sites (tertiary alicyclic amines) is 1. The molecular weight excluding hydrogens is 238 g/mol. The standard InChI is InChI=1S/C11H19N3O4/c1-3-8(10(16)17)13-11(18)12-7-4-5-9(15)14(2)6-7/h7-8H,3-6H2,1-2H3,(H,16,17)(H2,12,13,18). The maximum atomic E-state index is 11.6. The molecule has 0 saturated carbocycles. The van der Waals surface area contributed by atoms with Crippen LogP contribution in [0.15, 0.2) is 0 Å². The zero-order chi connectivity index (χ0) is 13.7. The van der Waals surface area contributed by atoms with Crippen LogP contribution in [0.2, 0.25) is 0 Å². The lowest BCUT2D eigenvalue weighted by molar-refractivity contribution is -0.139. The number of carboxylic acids is 1. The highest BCUT2D eigenvalue weighted by molar-refractivity contribution is 5.83. The zero-order valence-corrected chi connectivity index (χ0v) is 10.6. The third kappa shape index (κ3) is 3.90. The van der Waals surface area contributed by atoms with E-state index in [9.17, 15) is 14.4 Å². The molecule has 0 bridgehead atoms. The number of carbonyl (C=O) groups is 3. The number of carboxylic acid groups (broad SMARTS) is 1. The predicted octanol–water partition coefficient (Wildman–Crippen LogP) is -0.230. The third-order valence-electron chi connectivity index (χ3n) is 2.97. The molecule has 7 nitrogen and oxygen atoms in total. The zero-order valence-electron chi connectivity index (χ0n) is 10.6. The number of carbonyl (C=O) groups excluding carboxylic acids is 2. The molecule has 0 aromatic heterocycles. The lowest BCUT2D eigenvalue weighted by Crippen LogP contribution is -2.53. The lowest BCUT2D eigenvalue weighted by Gasteiger charge is -2.30. The average Bonchev–Trinajstić information content (AvgIpc) is 2.30. The summed E-state index contributed by atoms with van der Waals surface area (Å²) in [5, 5.41) is 13.9. The molecule has 18 heavy (non-hydrogen) atoms. The second kappa shape index (κ2) is 6.23. The Bertz CT molecular complexity index is 345. The van der Waals surface area contributed by atoms with Crippen molar-refractivity contribution in [2.45, 2.75) is 38.3 Å². The number of likely N-dealkylation sites (N-methyl/N-ethyl adjacent to an activating group) is 1. The van der Waals surface area contributed by atoms with E-state index in [1.54, 1.807) is 18.9 Å². The Morgan fingerprint density at radius 2 is 2.22 bits per heavy atom. The second-order valence-electron chi connectivity index (χ2n) is 4.43. The van der Waals surface area contributed by atoms with Crippen molar-refractivity contribution >= 4 is 17.9 Å². The van der Waals surface area contributed by atoms with Gasteiger partial charge in [-0.1, -0.05) is 6.92 Å². The molecule has 3 N–H and O–H groups in total. The van der Waals surface area contributed by atoms with E-state index in [4.69, 9.17) is 5.11 Å². The number of amides is 3. The molecule has 0 radical (unpaired) electrons. The number of hydrogen-bond acceptors (Lipinski definition) is 3. The average molecular weight is 257 g/mol. The summed E-state index contributed by atoms with van der Waals surface area (Å²) in [6.45, 7) is 2.14. The summed E-state index contributed by atoms with van der Waals surface area (Å²) in [7, 11) is 1.68. The Morgan fingerprint density at radius 3 is 2.72 bits per heavy atom. The van der Waals surface area contributed by atoms with E-state index >= 15 is 0 Å². The van der Waals surface area contributed by atoms with E-state index in [-0.39, 0.29) is 11.9 Å². The Hall–Kier alpha value is -1.79. The molecule has 1 aliphatic heterocycles. The van der Waals surface area contributed by atoms with Gasteiger partial charge in [0, 0.05) is 26.1 Å². The minimum atomic E-state index is -1.05. The first-order valence-electron chi connectivity index (χ1n) is 5.97. The van der Waals surface area contributed by atoms with Crippen molar-refractivity contribution in [2.24, 2.45) is 0 Å². The van der Waals surface area contributed by atoms with Crippen molar-refractivity contribution in [3.63, 3.8) is 0 Å². The van der Waals surface area contributed by atoms with E-state index in [0.717, 1.165) is 0 Å². The molecule has 1 rings (SSSR count). The van der Waals surface area contributed by atoms with Gasteiger partial charge in [0.1, 0.15) is 6.04 Å². The number of hydrogen-bond donors (Lipinski definition) is 3. The van der Waals surface area contributed by atoms with Gasteiger partial charge in [-0.15, -0.1) is 0 Å². The number of nitrogens with one attached hydrogen (secondary N) is 2. The number of urea groups is 1. The van der Waals surface area contributed by atoms with E-state index in [0.29, 0.717) is 25.8 Å². The Kier molecular flexibility index (Phi) is 4.94. The van der Waals surface area contributed by atoms with Crippen LogP contribution in [0.3, 0.4) is 0 Å². The number of nitrogens with zero attached hydrogens (tertiary/aromatic N) is 1. The monoisotopic (exact) mass is 257 g/mol. The molecule has 1 saturated heterocycles. The molecule has 3 amide bonds. The van der Waals surface area contributed by atoms with Gasteiger partial charge in [-0.05, 0) is 12.8 Å². The SMILES string of the molecule is CCC(NC(=O)NC1CCC(=O)N(C)C1)C(=O)O. The number of piperidine rings is 1. The minimum Gasteiger partial charge on any atom is -0.480 e. The number of aliphatic carboxylic acids is 1. The smallest absolute Gasteiger partial charge is 0.326 e. The lowest BCUT2D eigenvalue weighted by atomic mass is 10.1. The summed E-state index contributed by atoms with van der Waals surface area (Å²) in [6.07, 6.45) is 1.31. The predicted molar refractivity (Wildman–Crippen MR) is 64.0 cm³/mol. The fourth-order valence-corrected chi connectivity index (χ4v) is 1.85. The highest BCUT2D eigenvalue weighted by Crippen LogP contribution is 2.09. The highest BCUT2D eigenvalue weighted by Gasteiger charge is 2.25. The van der Waals surface area contributed by atoms with Crippen molar-refractivity contribution in [3.8, 4) is 0 Å². The molecular formula is C11H19N3O4. The van der Waals surface area contributed by atoms with Crippen LogP contribution in [0.1, 0.15) is 26.2 Å². The molecule has 0 aliphatic carbocycles. The Balaban J connectivity index is 2.40. The van der Waals surface area contributed by atoms with Crippen molar-refractivity contribution in [3.05, 3.63) is 0 Å². The first-order chi connectivity index (χ1) is 8.43. The topological polar surface area (TPSA) is 98.7 Å². The summed E-state index contributed by atoms with van der Waals surface area (Å²) in [4.78, 5) is 35.2. The molecule has 7 heteroatoms. The first kappa shape index (κ1) is 14.3. The number of rotatable bonds is 4. The van der Waals surface area contributed by atoms with Gasteiger partial charge in [0.25, 0.3) is 0 Å². The van der Waals surface area contributed by atoms with Crippen LogP contribution in [0, 0.1) is 0 Å². The van der Waals surface area contributed by atoms with E-state index in [1.165, 1.54) is 0 Å². The molecule has 102 valence electrons. The minimum absolute atomic E-state index is 0.0606. The normalized spacial score (nSPS) is 21.3. The molecule has 1 heterocycles. The van der Waals surface area contributed by atoms with Gasteiger partial charge < -0.3 is 20.6 Å². The highest BCUT2D eigenvalue weighted by atomic mass is 16.4. The molecule has 2 unspecified atom stereocenters. The first-order valence-corrected chi connectivity index (χ1v) is 5.97. The van der Waals surface area contributed by atoms with Crippen molar-refractivity contribution < 1.29 is 19.5 Å². The maximum absolute atomic E-state index is 11.6. The molecule has 0 aromatic carbocycles. The van der Waals surface area contributed by atoms with Crippen LogP contribution >= 0.6 is 0 Å². The Labute approximate surface area is 106 Å².